The topological polar surface area (TPSA) is 131 Å². The summed E-state index contributed by atoms with van der Waals surface area (Å²) in [5.74, 6) is 0.403. The minimum atomic E-state index is -0.312. The fraction of sp³-hybridized carbons (Fsp3) is 0.500. The van der Waals surface area contributed by atoms with E-state index in [9.17, 15) is 9.59 Å². The van der Waals surface area contributed by atoms with Crippen LogP contribution in [0.5, 0.6) is 0 Å². The van der Waals surface area contributed by atoms with Gasteiger partial charge in [-0.3, -0.25) is 13.9 Å². The summed E-state index contributed by atoms with van der Waals surface area (Å²) in [6.45, 7) is 1.26. The zero-order valence-electron chi connectivity index (χ0n) is 17.9. The van der Waals surface area contributed by atoms with Crippen molar-refractivity contribution in [2.24, 2.45) is 14.1 Å². The molecule has 0 unspecified atom stereocenters. The highest BCUT2D eigenvalue weighted by Crippen LogP contribution is 2.15. The van der Waals surface area contributed by atoms with Crippen LogP contribution >= 0.6 is 0 Å². The maximum absolute atomic E-state index is 12.7. The summed E-state index contributed by atoms with van der Waals surface area (Å²) in [5.41, 5.74) is 7.54. The first-order valence-electron chi connectivity index (χ1n) is 10.5. The van der Waals surface area contributed by atoms with Gasteiger partial charge in [-0.05, 0) is 12.8 Å². The zero-order valence-corrected chi connectivity index (χ0v) is 17.9. The van der Waals surface area contributed by atoms with Gasteiger partial charge < -0.3 is 14.9 Å². The number of nitrogen functional groups attached to an aromatic ring is 1. The van der Waals surface area contributed by atoms with Crippen LogP contribution in [0.3, 0.4) is 0 Å². The Balaban J connectivity index is 1.23. The fourth-order valence-electron chi connectivity index (χ4n) is 3.91. The van der Waals surface area contributed by atoms with Gasteiger partial charge in [0.1, 0.15) is 11.8 Å². The maximum atomic E-state index is 12.7. The molecule has 4 heterocycles. The smallest absolute Gasteiger partial charge is 0.332 e. The number of anilines is 1. The van der Waals surface area contributed by atoms with E-state index in [4.69, 9.17) is 5.73 Å². The molecular weight excluding hydrogens is 398 g/mol. The minimum absolute atomic E-state index is 0.268. The fourth-order valence-corrected chi connectivity index (χ4v) is 3.91. The van der Waals surface area contributed by atoms with Gasteiger partial charge in [0.2, 0.25) is 0 Å². The van der Waals surface area contributed by atoms with Crippen LogP contribution < -0.4 is 17.0 Å². The van der Waals surface area contributed by atoms with Crippen LogP contribution in [0.25, 0.3) is 22.3 Å². The van der Waals surface area contributed by atoms with E-state index >= 15 is 0 Å². The van der Waals surface area contributed by atoms with Gasteiger partial charge >= 0.3 is 5.69 Å². The molecule has 4 aromatic heterocycles. The maximum Gasteiger partial charge on any atom is 0.332 e. The molecule has 0 aromatic carbocycles. The Bertz CT molecular complexity index is 1330. The zero-order chi connectivity index (χ0) is 22.0. The second-order valence-corrected chi connectivity index (χ2v) is 7.82. The molecule has 164 valence electrons. The van der Waals surface area contributed by atoms with Crippen molar-refractivity contribution in [3.05, 3.63) is 39.8 Å². The number of hydrogen-bond acceptors (Lipinski definition) is 7. The highest BCUT2D eigenvalue weighted by Gasteiger charge is 2.14. The number of nitrogens with two attached hydrogens (primary N) is 1. The van der Waals surface area contributed by atoms with E-state index in [-0.39, 0.29) is 11.2 Å². The summed E-state index contributed by atoms with van der Waals surface area (Å²) in [5, 5.41) is 0. The van der Waals surface area contributed by atoms with Gasteiger partial charge in [-0.1, -0.05) is 25.7 Å². The summed E-state index contributed by atoms with van der Waals surface area (Å²) in [6.07, 6.45) is 10.8. The number of rotatable bonds is 9. The first-order valence-corrected chi connectivity index (χ1v) is 10.5. The molecule has 0 aliphatic heterocycles. The Hall–Kier alpha value is -3.50. The van der Waals surface area contributed by atoms with E-state index < -0.39 is 0 Å². The van der Waals surface area contributed by atoms with E-state index in [1.807, 2.05) is 4.57 Å². The van der Waals surface area contributed by atoms with Gasteiger partial charge in [0.05, 0.1) is 12.7 Å². The third-order valence-corrected chi connectivity index (χ3v) is 5.66. The highest BCUT2D eigenvalue weighted by molar-refractivity contribution is 5.81. The van der Waals surface area contributed by atoms with Crippen molar-refractivity contribution in [3.63, 3.8) is 0 Å². The van der Waals surface area contributed by atoms with Crippen molar-refractivity contribution in [3.8, 4) is 0 Å². The first-order chi connectivity index (χ1) is 15.0. The lowest BCUT2D eigenvalue weighted by Crippen LogP contribution is -2.39. The molecule has 0 amide bonds. The van der Waals surface area contributed by atoms with Crippen LogP contribution in [-0.2, 0) is 27.2 Å². The second kappa shape index (κ2) is 8.70. The lowest BCUT2D eigenvalue weighted by Gasteiger charge is -2.08. The molecule has 4 aromatic rings. The van der Waals surface area contributed by atoms with E-state index in [1.54, 1.807) is 31.3 Å². The summed E-state index contributed by atoms with van der Waals surface area (Å²) in [6, 6.07) is 0. The van der Waals surface area contributed by atoms with Gasteiger partial charge in [-0.15, -0.1) is 0 Å². The van der Waals surface area contributed by atoms with Crippen LogP contribution in [0.1, 0.15) is 38.5 Å². The molecule has 0 fully saturated rings. The summed E-state index contributed by atoms with van der Waals surface area (Å²) < 4.78 is 6.43. The van der Waals surface area contributed by atoms with Crippen LogP contribution in [0.15, 0.2) is 28.6 Å². The van der Waals surface area contributed by atoms with E-state index in [1.165, 1.54) is 15.5 Å². The van der Waals surface area contributed by atoms with Gasteiger partial charge in [0.25, 0.3) is 5.56 Å². The van der Waals surface area contributed by atoms with Crippen LogP contribution in [-0.4, -0.2) is 38.2 Å². The van der Waals surface area contributed by atoms with Crippen molar-refractivity contribution in [2.45, 2.75) is 51.6 Å². The van der Waals surface area contributed by atoms with Crippen LogP contribution in [0.4, 0.5) is 5.82 Å². The first kappa shape index (κ1) is 20.8. The molecule has 11 nitrogen and oxygen atoms in total. The van der Waals surface area contributed by atoms with Gasteiger partial charge in [-0.25, -0.2) is 24.7 Å². The van der Waals surface area contributed by atoms with E-state index in [0.717, 1.165) is 50.7 Å². The lowest BCUT2D eigenvalue weighted by molar-refractivity contribution is 0.514. The monoisotopic (exact) mass is 425 g/mol. The third-order valence-electron chi connectivity index (χ3n) is 5.66. The molecule has 2 N–H and O–H groups in total. The number of aryl methyl sites for hydroxylation is 3. The molecule has 0 aliphatic carbocycles. The van der Waals surface area contributed by atoms with Gasteiger partial charge in [0, 0.05) is 27.2 Å². The highest BCUT2D eigenvalue weighted by atomic mass is 16.2. The molecule has 0 saturated carbocycles. The molecule has 0 bridgehead atoms. The normalized spacial score (nSPS) is 11.7. The Labute approximate surface area is 178 Å². The van der Waals surface area contributed by atoms with E-state index in [0.29, 0.717) is 29.0 Å². The summed E-state index contributed by atoms with van der Waals surface area (Å²) in [4.78, 5) is 41.8. The minimum Gasteiger partial charge on any atom is -0.382 e. The number of unbranched alkanes of at least 4 members (excludes halogenated alkanes) is 5. The number of imidazole rings is 2. The number of fused-ring (bicyclic) bond motifs is 2. The van der Waals surface area contributed by atoms with Crippen LogP contribution in [0, 0.1) is 0 Å². The molecule has 31 heavy (non-hydrogen) atoms. The molecule has 4 rings (SSSR count). The molecule has 0 atom stereocenters. The quantitative estimate of drug-likeness (QED) is 0.399. The number of nitrogens with zero attached hydrogens (tertiary/aromatic N) is 8. The van der Waals surface area contributed by atoms with Gasteiger partial charge in [-0.2, -0.15) is 0 Å². The van der Waals surface area contributed by atoms with Crippen molar-refractivity contribution in [2.75, 3.05) is 5.73 Å². The Kier molecular flexibility index (Phi) is 5.83. The van der Waals surface area contributed by atoms with E-state index in [2.05, 4.69) is 19.9 Å². The molecule has 0 aliphatic rings. The Morgan fingerprint density at radius 1 is 0.839 bits per heavy atom. The standard InChI is InChI=1S/C20H27N9O2/c1-26-12-25-18-15(26)19(30)29(20(31)27(18)2)10-8-6-4-3-5-7-9-28-13-24-14-16(21)22-11-23-17(14)28/h11-13H,3-10H2,1-2H3,(H2,21,22,23). The largest absolute Gasteiger partial charge is 0.382 e. The van der Waals surface area contributed by atoms with Crippen molar-refractivity contribution < 1.29 is 0 Å². The predicted molar refractivity (Wildman–Crippen MR) is 118 cm³/mol. The third kappa shape index (κ3) is 3.94. The Morgan fingerprint density at radius 2 is 1.55 bits per heavy atom. The average molecular weight is 425 g/mol. The SMILES string of the molecule is Cn1cnc2c1c(=O)n(CCCCCCCCn1cnc3c(N)ncnc31)c(=O)n2C. The van der Waals surface area contributed by atoms with Crippen molar-refractivity contribution >= 4 is 28.1 Å². The lowest BCUT2D eigenvalue weighted by atomic mass is 10.1. The number of hydrogen-bond donors (Lipinski definition) is 1. The number of aromatic nitrogens is 8. The second-order valence-electron chi connectivity index (χ2n) is 7.82. The van der Waals surface area contributed by atoms with Crippen LogP contribution in [0.2, 0.25) is 0 Å². The molecule has 0 radical (unpaired) electrons. The predicted octanol–water partition coefficient (Wildman–Crippen LogP) is 1.20. The van der Waals surface area contributed by atoms with Crippen molar-refractivity contribution in [1.82, 2.24) is 38.2 Å². The van der Waals surface area contributed by atoms with Crippen molar-refractivity contribution in [1.29, 1.82) is 0 Å². The average Bonchev–Trinajstić information content (AvgIpc) is 3.35. The Morgan fingerprint density at radius 3 is 2.32 bits per heavy atom. The molecular formula is C20H27N9O2. The molecule has 0 spiro atoms. The van der Waals surface area contributed by atoms with Gasteiger partial charge in [0.15, 0.2) is 22.6 Å². The molecule has 0 saturated heterocycles. The summed E-state index contributed by atoms with van der Waals surface area (Å²) in [7, 11) is 3.41. The summed E-state index contributed by atoms with van der Waals surface area (Å²) >= 11 is 0. The molecule has 11 heteroatoms.